The molecule has 0 radical (unpaired) electrons. The van der Waals surface area contributed by atoms with Crippen molar-refractivity contribution in [3.05, 3.63) is 29.6 Å². The van der Waals surface area contributed by atoms with E-state index in [4.69, 9.17) is 0 Å². The molecule has 1 fully saturated rings. The number of benzene rings is 1. The third-order valence-corrected chi connectivity index (χ3v) is 3.83. The predicted octanol–water partition coefficient (Wildman–Crippen LogP) is 3.37. The minimum atomic E-state index is -0.398. The molecular weight excluding hydrogens is 217 g/mol. The van der Waals surface area contributed by atoms with Crippen molar-refractivity contribution in [1.29, 1.82) is 0 Å². The van der Waals surface area contributed by atoms with Gasteiger partial charge < -0.3 is 10.4 Å². The molecule has 0 aliphatic heterocycles. The summed E-state index contributed by atoms with van der Waals surface area (Å²) in [5, 5.41) is 13.2. The normalized spacial score (nSPS) is 19.7. The lowest BCUT2D eigenvalue weighted by molar-refractivity contribution is 0.229. The molecule has 2 unspecified atom stereocenters. The fourth-order valence-corrected chi connectivity index (χ4v) is 2.44. The van der Waals surface area contributed by atoms with E-state index in [2.05, 4.69) is 12.2 Å². The van der Waals surface area contributed by atoms with Crippen LogP contribution < -0.4 is 5.32 Å². The number of aromatic hydroxyl groups is 1. The second-order valence-corrected chi connectivity index (χ2v) is 5.07. The second-order valence-electron chi connectivity index (χ2n) is 5.07. The largest absolute Gasteiger partial charge is 0.508 e. The molecule has 1 aromatic carbocycles. The highest BCUT2D eigenvalue weighted by atomic mass is 19.1. The van der Waals surface area contributed by atoms with Crippen molar-refractivity contribution in [2.45, 2.75) is 45.2 Å². The van der Waals surface area contributed by atoms with Gasteiger partial charge in [0.15, 0.2) is 0 Å². The molecule has 0 heterocycles. The number of phenols is 1. The summed E-state index contributed by atoms with van der Waals surface area (Å²) < 4.78 is 12.9. The van der Waals surface area contributed by atoms with Crippen molar-refractivity contribution < 1.29 is 9.50 Å². The van der Waals surface area contributed by atoms with E-state index in [-0.39, 0.29) is 11.8 Å². The molecule has 0 amide bonds. The lowest BCUT2D eigenvalue weighted by Crippen LogP contribution is -2.38. The van der Waals surface area contributed by atoms with Crippen LogP contribution in [-0.2, 0) is 0 Å². The van der Waals surface area contributed by atoms with Crippen LogP contribution in [0.1, 0.15) is 44.7 Å². The number of hydrogen-bond acceptors (Lipinski definition) is 2. The molecule has 2 rings (SSSR count). The first-order valence-corrected chi connectivity index (χ1v) is 6.32. The minimum absolute atomic E-state index is 0.0332. The topological polar surface area (TPSA) is 32.3 Å². The Hall–Kier alpha value is -1.09. The summed E-state index contributed by atoms with van der Waals surface area (Å²) in [6, 6.07) is 4.70. The Morgan fingerprint density at radius 2 is 2.06 bits per heavy atom. The Kier molecular flexibility index (Phi) is 3.67. The van der Waals surface area contributed by atoms with Gasteiger partial charge in [-0.05, 0) is 38.7 Å². The van der Waals surface area contributed by atoms with Crippen molar-refractivity contribution in [2.75, 3.05) is 0 Å². The fraction of sp³-hybridized carbons (Fsp3) is 0.571. The van der Waals surface area contributed by atoms with Gasteiger partial charge in [-0.1, -0.05) is 12.5 Å². The maximum atomic E-state index is 12.9. The van der Waals surface area contributed by atoms with Gasteiger partial charge >= 0.3 is 0 Å². The van der Waals surface area contributed by atoms with Crippen molar-refractivity contribution in [2.24, 2.45) is 5.92 Å². The van der Waals surface area contributed by atoms with Gasteiger partial charge in [0.05, 0.1) is 0 Å². The van der Waals surface area contributed by atoms with E-state index < -0.39 is 5.82 Å². The maximum Gasteiger partial charge on any atom is 0.126 e. The molecule has 1 aromatic rings. The smallest absolute Gasteiger partial charge is 0.126 e. The number of rotatable bonds is 4. The van der Waals surface area contributed by atoms with Crippen molar-refractivity contribution in [1.82, 2.24) is 5.32 Å². The Balaban J connectivity index is 2.00. The van der Waals surface area contributed by atoms with Crippen LogP contribution in [0.3, 0.4) is 0 Å². The van der Waals surface area contributed by atoms with Gasteiger partial charge in [-0.2, -0.15) is 0 Å². The predicted molar refractivity (Wildman–Crippen MR) is 66.4 cm³/mol. The van der Waals surface area contributed by atoms with Gasteiger partial charge in [-0.15, -0.1) is 0 Å². The van der Waals surface area contributed by atoms with Crippen LogP contribution in [-0.4, -0.2) is 11.1 Å². The Bertz CT molecular complexity index is 390. The quantitative estimate of drug-likeness (QED) is 0.841. The highest BCUT2D eigenvalue weighted by Gasteiger charge is 2.25. The first-order valence-electron chi connectivity index (χ1n) is 6.32. The average molecular weight is 237 g/mol. The van der Waals surface area contributed by atoms with Gasteiger partial charge in [0, 0.05) is 23.7 Å². The Morgan fingerprint density at radius 3 is 2.59 bits per heavy atom. The zero-order valence-corrected chi connectivity index (χ0v) is 10.4. The molecule has 17 heavy (non-hydrogen) atoms. The molecule has 1 aliphatic carbocycles. The summed E-state index contributed by atoms with van der Waals surface area (Å²) >= 11 is 0. The zero-order chi connectivity index (χ0) is 12.4. The molecule has 94 valence electrons. The van der Waals surface area contributed by atoms with E-state index in [1.54, 1.807) is 6.07 Å². The van der Waals surface area contributed by atoms with E-state index in [1.165, 1.54) is 31.4 Å². The van der Waals surface area contributed by atoms with Crippen LogP contribution in [0.2, 0.25) is 0 Å². The second kappa shape index (κ2) is 5.05. The SMILES string of the molecule is CC(NC(C)C1CCC1)c1ccc(F)cc1O. The van der Waals surface area contributed by atoms with Crippen LogP contribution in [0.4, 0.5) is 4.39 Å². The summed E-state index contributed by atoms with van der Waals surface area (Å²) in [6.07, 6.45) is 3.90. The first kappa shape index (κ1) is 12.4. The van der Waals surface area contributed by atoms with Crippen LogP contribution in [0.25, 0.3) is 0 Å². The van der Waals surface area contributed by atoms with Gasteiger partial charge in [0.1, 0.15) is 11.6 Å². The molecule has 0 bridgehead atoms. The summed E-state index contributed by atoms with van der Waals surface area (Å²) in [4.78, 5) is 0. The molecule has 2 atom stereocenters. The Labute approximate surface area is 102 Å². The first-order chi connectivity index (χ1) is 8.08. The summed E-state index contributed by atoms with van der Waals surface area (Å²) in [6.45, 7) is 4.18. The molecule has 2 N–H and O–H groups in total. The van der Waals surface area contributed by atoms with Gasteiger partial charge in [0.25, 0.3) is 0 Å². The van der Waals surface area contributed by atoms with Crippen molar-refractivity contribution in [3.63, 3.8) is 0 Å². The summed E-state index contributed by atoms with van der Waals surface area (Å²) in [5.41, 5.74) is 0.762. The zero-order valence-electron chi connectivity index (χ0n) is 10.4. The number of nitrogens with one attached hydrogen (secondary N) is 1. The molecule has 2 nitrogen and oxygen atoms in total. The lowest BCUT2D eigenvalue weighted by atomic mass is 9.80. The van der Waals surface area contributed by atoms with E-state index in [9.17, 15) is 9.50 Å². The molecule has 3 heteroatoms. The Morgan fingerprint density at radius 1 is 1.35 bits per heavy atom. The molecule has 0 spiro atoms. The summed E-state index contributed by atoms with van der Waals surface area (Å²) in [5.74, 6) is 0.386. The average Bonchev–Trinajstić information content (AvgIpc) is 2.13. The van der Waals surface area contributed by atoms with E-state index in [1.807, 2.05) is 6.92 Å². The van der Waals surface area contributed by atoms with Crippen LogP contribution in [0, 0.1) is 11.7 Å². The van der Waals surface area contributed by atoms with E-state index >= 15 is 0 Å². The highest BCUT2D eigenvalue weighted by Crippen LogP contribution is 2.31. The molecule has 0 saturated heterocycles. The molecule has 1 aliphatic rings. The van der Waals surface area contributed by atoms with Crippen molar-refractivity contribution in [3.8, 4) is 5.75 Å². The minimum Gasteiger partial charge on any atom is -0.508 e. The monoisotopic (exact) mass is 237 g/mol. The van der Waals surface area contributed by atoms with Crippen LogP contribution in [0.5, 0.6) is 5.75 Å². The van der Waals surface area contributed by atoms with Gasteiger partial charge in [0.2, 0.25) is 0 Å². The maximum absolute atomic E-state index is 12.9. The van der Waals surface area contributed by atoms with Gasteiger partial charge in [-0.3, -0.25) is 0 Å². The third-order valence-electron chi connectivity index (χ3n) is 3.83. The molecule has 1 saturated carbocycles. The molecule has 0 aromatic heterocycles. The molecular formula is C14H20FNO. The highest BCUT2D eigenvalue weighted by molar-refractivity contribution is 5.34. The van der Waals surface area contributed by atoms with E-state index in [0.717, 1.165) is 11.5 Å². The number of hydrogen-bond donors (Lipinski definition) is 2. The number of halogens is 1. The summed E-state index contributed by atoms with van der Waals surface area (Å²) in [7, 11) is 0. The fourth-order valence-electron chi connectivity index (χ4n) is 2.44. The van der Waals surface area contributed by atoms with Crippen LogP contribution >= 0.6 is 0 Å². The lowest BCUT2D eigenvalue weighted by Gasteiger charge is -2.34. The third kappa shape index (κ3) is 2.78. The van der Waals surface area contributed by atoms with Crippen molar-refractivity contribution >= 4 is 0 Å². The number of phenolic OH excluding ortho intramolecular Hbond substituents is 1. The van der Waals surface area contributed by atoms with E-state index in [0.29, 0.717) is 6.04 Å². The van der Waals surface area contributed by atoms with Gasteiger partial charge in [-0.25, -0.2) is 4.39 Å². The van der Waals surface area contributed by atoms with Crippen LogP contribution in [0.15, 0.2) is 18.2 Å². The standard InChI is InChI=1S/C14H20FNO/c1-9(11-4-3-5-11)16-10(2)13-7-6-12(15)8-14(13)17/h6-11,16-17H,3-5H2,1-2H3.